The normalized spacial score (nSPS) is 12.0. The minimum Gasteiger partial charge on any atom is -0.508 e. The number of alkyl carbamates (subject to hydrolysis) is 1. The van der Waals surface area contributed by atoms with Gasteiger partial charge in [-0.25, -0.2) is 19.4 Å². The fourth-order valence-corrected chi connectivity index (χ4v) is 4.30. The first kappa shape index (κ1) is 44.3. The van der Waals surface area contributed by atoms with E-state index in [-0.39, 0.29) is 43.1 Å². The van der Waals surface area contributed by atoms with Crippen molar-refractivity contribution >= 4 is 41.3 Å². The third-order valence-electron chi connectivity index (χ3n) is 7.17. The number of anilines is 2. The summed E-state index contributed by atoms with van der Waals surface area (Å²) in [5.41, 5.74) is 8.55. The smallest absolute Gasteiger partial charge is 0.490 e. The molecule has 1 fully saturated rings. The molecule has 1 heterocycles. The van der Waals surface area contributed by atoms with Gasteiger partial charge < -0.3 is 36.4 Å². The van der Waals surface area contributed by atoms with Crippen molar-refractivity contribution in [2.75, 3.05) is 11.1 Å². The molecule has 1 aliphatic carbocycles. The average molecular weight is 810 g/mol. The van der Waals surface area contributed by atoms with Crippen LogP contribution in [0.5, 0.6) is 5.75 Å². The number of amidine groups is 1. The van der Waals surface area contributed by atoms with Crippen molar-refractivity contribution in [3.63, 3.8) is 0 Å². The number of phenolic OH excluding ortho intramolecular Hbond substituents is 1. The summed E-state index contributed by atoms with van der Waals surface area (Å²) in [7, 11) is 0. The molecule has 4 aromatic rings. The van der Waals surface area contributed by atoms with Crippen LogP contribution in [-0.4, -0.2) is 73.0 Å². The number of nitrogens with two attached hydrogens (primary N) is 1. The Hall–Kier alpha value is -7.13. The Kier molecular flexibility index (Phi) is 15.1. The van der Waals surface area contributed by atoms with E-state index in [2.05, 4.69) is 20.9 Å². The number of carboxylic acid groups (broad SMARTS) is 2. The van der Waals surface area contributed by atoms with Crippen LogP contribution in [0.2, 0.25) is 0 Å². The Morgan fingerprint density at radius 3 is 2.00 bits per heavy atom. The zero-order valence-electron chi connectivity index (χ0n) is 29.1. The average Bonchev–Trinajstić information content (AvgIpc) is 3.96. The third-order valence-corrected chi connectivity index (χ3v) is 7.17. The molecule has 22 heteroatoms. The van der Waals surface area contributed by atoms with Gasteiger partial charge in [-0.3, -0.25) is 24.9 Å². The maximum Gasteiger partial charge on any atom is 0.490 e. The standard InChI is InChI=1S/C31H31N7O5.2C2HF3O2/c32-23-12-22(13-25(39)14-23)26-16-35-29(36-24-10-11-24)30(41)38(26)17-27(40)34-15-19-6-8-21(9-7-19)28(33)37-31(42)43-18-20-4-2-1-3-5-20;2*3-2(4,5)1(6)7/h1-9,12-14,16,24,39H,10-11,15,17-18,32H2,(H,34,40)(H,35,36)(H2,33,37,42);2*(H,6,7). The number of nitrogen functional groups attached to an aromatic ring is 1. The van der Waals surface area contributed by atoms with Gasteiger partial charge in [0.25, 0.3) is 5.56 Å². The zero-order valence-corrected chi connectivity index (χ0v) is 29.1. The number of aromatic hydroxyl groups is 1. The molecule has 0 unspecified atom stereocenters. The molecular formula is C35H33F6N7O9. The van der Waals surface area contributed by atoms with Gasteiger partial charge >= 0.3 is 30.4 Å². The van der Waals surface area contributed by atoms with Crippen molar-refractivity contribution in [2.24, 2.45) is 0 Å². The summed E-state index contributed by atoms with van der Waals surface area (Å²) >= 11 is 0. The molecule has 1 aliphatic rings. The number of aliphatic carboxylic acids is 2. The Labute approximate surface area is 317 Å². The van der Waals surface area contributed by atoms with Crippen LogP contribution in [0, 0.1) is 5.41 Å². The summed E-state index contributed by atoms with van der Waals surface area (Å²) in [5, 5.41) is 40.7. The summed E-state index contributed by atoms with van der Waals surface area (Å²) in [6.07, 6.45) is -7.54. The molecule has 0 atom stereocenters. The van der Waals surface area contributed by atoms with Crippen LogP contribution in [-0.2, 0) is 38.8 Å². The monoisotopic (exact) mass is 809 g/mol. The highest BCUT2D eigenvalue weighted by molar-refractivity contribution is 6.04. The van der Waals surface area contributed by atoms with Crippen molar-refractivity contribution in [3.05, 3.63) is 106 Å². The summed E-state index contributed by atoms with van der Waals surface area (Å²) in [5.74, 6) is -5.97. The number of carbonyl (C=O) groups excluding carboxylic acids is 2. The molecule has 16 nitrogen and oxygen atoms in total. The van der Waals surface area contributed by atoms with E-state index in [1.54, 1.807) is 30.3 Å². The number of phenols is 1. The van der Waals surface area contributed by atoms with Gasteiger partial charge in [0.2, 0.25) is 5.91 Å². The van der Waals surface area contributed by atoms with Gasteiger partial charge in [-0.15, -0.1) is 0 Å². The number of aromatic nitrogens is 2. The number of carbonyl (C=O) groups is 4. The summed E-state index contributed by atoms with van der Waals surface area (Å²) < 4.78 is 69.9. The number of ether oxygens (including phenoxy) is 1. The van der Waals surface area contributed by atoms with E-state index < -0.39 is 41.9 Å². The van der Waals surface area contributed by atoms with Crippen LogP contribution in [0.1, 0.15) is 29.5 Å². The molecule has 5 rings (SSSR count). The lowest BCUT2D eigenvalue weighted by Crippen LogP contribution is -2.34. The van der Waals surface area contributed by atoms with E-state index in [0.29, 0.717) is 22.5 Å². The third kappa shape index (κ3) is 14.9. The topological polar surface area (TPSA) is 259 Å². The molecule has 1 saturated carbocycles. The first-order chi connectivity index (χ1) is 26.6. The van der Waals surface area contributed by atoms with Gasteiger partial charge in [0.15, 0.2) is 5.82 Å². The van der Waals surface area contributed by atoms with Crippen molar-refractivity contribution in [1.82, 2.24) is 20.2 Å². The first-order valence-corrected chi connectivity index (χ1v) is 16.1. The van der Waals surface area contributed by atoms with E-state index in [1.807, 2.05) is 30.3 Å². The molecule has 3 aromatic carbocycles. The van der Waals surface area contributed by atoms with Gasteiger partial charge in [0.05, 0.1) is 11.9 Å². The minimum atomic E-state index is -5.08. The number of nitrogens with zero attached hydrogens (tertiary/aromatic N) is 2. The summed E-state index contributed by atoms with van der Waals surface area (Å²) in [4.78, 5) is 60.4. The lowest BCUT2D eigenvalue weighted by molar-refractivity contribution is -0.193. The molecule has 0 aliphatic heterocycles. The number of alkyl halides is 6. The molecule has 57 heavy (non-hydrogen) atoms. The fourth-order valence-electron chi connectivity index (χ4n) is 4.30. The van der Waals surface area contributed by atoms with E-state index in [1.165, 1.54) is 22.9 Å². The van der Waals surface area contributed by atoms with Crippen LogP contribution in [0.25, 0.3) is 11.3 Å². The van der Waals surface area contributed by atoms with E-state index in [9.17, 15) is 45.8 Å². The Morgan fingerprint density at radius 1 is 0.895 bits per heavy atom. The van der Waals surface area contributed by atoms with Crippen molar-refractivity contribution in [1.29, 1.82) is 5.41 Å². The van der Waals surface area contributed by atoms with Crippen LogP contribution in [0.15, 0.2) is 83.8 Å². The van der Waals surface area contributed by atoms with Gasteiger partial charge in [0.1, 0.15) is 24.7 Å². The quantitative estimate of drug-likeness (QED) is 0.0473. The molecule has 2 amide bonds. The molecule has 0 saturated heterocycles. The Balaban J connectivity index is 0.000000531. The lowest BCUT2D eigenvalue weighted by Gasteiger charge is -2.15. The highest BCUT2D eigenvalue weighted by Crippen LogP contribution is 2.27. The number of amides is 2. The second-order valence-corrected chi connectivity index (χ2v) is 11.8. The van der Waals surface area contributed by atoms with E-state index in [0.717, 1.165) is 24.0 Å². The predicted molar refractivity (Wildman–Crippen MR) is 189 cm³/mol. The van der Waals surface area contributed by atoms with Crippen molar-refractivity contribution in [2.45, 2.75) is 50.9 Å². The van der Waals surface area contributed by atoms with Crippen molar-refractivity contribution in [3.8, 4) is 17.0 Å². The number of nitrogens with one attached hydrogen (secondary N) is 4. The molecular weight excluding hydrogens is 776 g/mol. The maximum atomic E-state index is 13.3. The Morgan fingerprint density at radius 2 is 1.47 bits per heavy atom. The fraction of sp³-hybridized carbons (Fsp3) is 0.229. The predicted octanol–water partition coefficient (Wildman–Crippen LogP) is 4.61. The molecule has 1 aromatic heterocycles. The highest BCUT2D eigenvalue weighted by atomic mass is 19.4. The molecule has 0 bridgehead atoms. The van der Waals surface area contributed by atoms with Crippen LogP contribution in [0.4, 0.5) is 42.6 Å². The van der Waals surface area contributed by atoms with E-state index in [4.69, 9.17) is 35.7 Å². The minimum absolute atomic E-state index is 0.0746. The largest absolute Gasteiger partial charge is 0.508 e. The van der Waals surface area contributed by atoms with Crippen LogP contribution in [0.3, 0.4) is 0 Å². The SMILES string of the molecule is N=C(NC(=O)OCc1ccccc1)c1ccc(CNC(=O)Cn2c(-c3cc(N)cc(O)c3)cnc(NC3CC3)c2=O)cc1.O=C(O)C(F)(F)F.O=C(O)C(F)(F)F. The second kappa shape index (κ2) is 19.5. The number of rotatable bonds is 10. The second-order valence-electron chi connectivity index (χ2n) is 11.8. The Bertz CT molecular complexity index is 2080. The van der Waals surface area contributed by atoms with Gasteiger partial charge in [0, 0.05) is 35.5 Å². The lowest BCUT2D eigenvalue weighted by atomic mass is 10.1. The van der Waals surface area contributed by atoms with Crippen molar-refractivity contribution < 1.29 is 65.6 Å². The molecule has 9 N–H and O–H groups in total. The van der Waals surface area contributed by atoms with Crippen LogP contribution < -0.4 is 27.2 Å². The molecule has 304 valence electrons. The van der Waals surface area contributed by atoms with Gasteiger partial charge in [-0.1, -0.05) is 54.6 Å². The summed E-state index contributed by atoms with van der Waals surface area (Å²) in [6.45, 7) is -0.0321. The zero-order chi connectivity index (χ0) is 42.5. The number of halogens is 6. The molecule has 0 spiro atoms. The number of carboxylic acids is 2. The van der Waals surface area contributed by atoms with Gasteiger partial charge in [-0.2, -0.15) is 26.3 Å². The first-order valence-electron chi connectivity index (χ1n) is 16.1. The van der Waals surface area contributed by atoms with Gasteiger partial charge in [-0.05, 0) is 36.1 Å². The highest BCUT2D eigenvalue weighted by Gasteiger charge is 2.39. The van der Waals surface area contributed by atoms with Crippen LogP contribution >= 0.6 is 0 Å². The number of hydrogen-bond donors (Lipinski definition) is 8. The van der Waals surface area contributed by atoms with E-state index >= 15 is 0 Å². The number of benzene rings is 3. The molecule has 0 radical (unpaired) electrons. The number of hydrogen-bond acceptors (Lipinski definition) is 11. The summed E-state index contributed by atoms with van der Waals surface area (Å²) in [6, 6.07) is 20.6. The maximum absolute atomic E-state index is 13.3.